The molecule has 34 heavy (non-hydrogen) atoms. The van der Waals surface area contributed by atoms with E-state index in [9.17, 15) is 14.7 Å². The minimum atomic E-state index is -0.697. The lowest BCUT2D eigenvalue weighted by Gasteiger charge is -2.30. The molecule has 2 amide bonds. The highest BCUT2D eigenvalue weighted by atomic mass is 16.6. The van der Waals surface area contributed by atoms with Crippen LogP contribution in [0.15, 0.2) is 36.4 Å². The van der Waals surface area contributed by atoms with Crippen molar-refractivity contribution in [2.75, 3.05) is 18.8 Å². The van der Waals surface area contributed by atoms with Crippen LogP contribution in [0.5, 0.6) is 5.75 Å². The molecule has 0 atom stereocenters. The van der Waals surface area contributed by atoms with Gasteiger partial charge in [-0.1, -0.05) is 12.1 Å². The van der Waals surface area contributed by atoms with Gasteiger partial charge in [0.05, 0.1) is 23.4 Å². The zero-order valence-electron chi connectivity index (χ0n) is 19.8. The third-order valence-corrected chi connectivity index (χ3v) is 5.66. The third kappa shape index (κ3) is 4.28. The van der Waals surface area contributed by atoms with Crippen LogP contribution in [0.25, 0.3) is 22.3 Å². The number of nitrogens with two attached hydrogens (primary N) is 2. The number of primary amides is 1. The Morgan fingerprint density at radius 3 is 2.59 bits per heavy atom. The smallest absolute Gasteiger partial charge is 0.410 e. The summed E-state index contributed by atoms with van der Waals surface area (Å²) >= 11 is 0. The van der Waals surface area contributed by atoms with Crippen LogP contribution < -0.4 is 11.5 Å². The molecule has 2 aromatic heterocycles. The van der Waals surface area contributed by atoms with Crippen molar-refractivity contribution in [2.45, 2.75) is 39.7 Å². The number of phenols is 1. The Bertz CT molecular complexity index is 1330. The van der Waals surface area contributed by atoms with E-state index in [1.54, 1.807) is 27.7 Å². The topological polar surface area (TPSA) is 137 Å². The van der Waals surface area contributed by atoms with E-state index in [1.165, 1.54) is 0 Å². The van der Waals surface area contributed by atoms with Crippen molar-refractivity contribution in [1.29, 1.82) is 0 Å². The molecule has 0 unspecified atom stereocenters. The SMILES string of the molecule is Cc1ccc(O)cc1-n1c(N)c(C(N)=O)c2nc(C3=CCCN(C(=O)OC(C)(C)C)C3)ccc21. The van der Waals surface area contributed by atoms with E-state index in [1.807, 2.05) is 45.9 Å². The predicted molar refractivity (Wildman–Crippen MR) is 131 cm³/mol. The third-order valence-electron chi connectivity index (χ3n) is 5.66. The number of nitrogen functional groups attached to an aromatic ring is 1. The first-order chi connectivity index (χ1) is 16.0. The summed E-state index contributed by atoms with van der Waals surface area (Å²) in [4.78, 5) is 31.3. The number of nitrogens with zero attached hydrogens (tertiary/aromatic N) is 3. The number of carbonyl (C=O) groups is 2. The number of ether oxygens (including phenoxy) is 1. The number of rotatable bonds is 3. The largest absolute Gasteiger partial charge is 0.508 e. The molecule has 9 nitrogen and oxygen atoms in total. The van der Waals surface area contributed by atoms with Gasteiger partial charge in [0, 0.05) is 12.6 Å². The van der Waals surface area contributed by atoms with Gasteiger partial charge in [-0.2, -0.15) is 0 Å². The molecular formula is C25H29N5O4. The fraction of sp³-hybridized carbons (Fsp3) is 0.320. The lowest BCUT2D eigenvalue weighted by molar-refractivity contribution is 0.0273. The standard InChI is InChI=1S/C25H29N5O4/c1-14-7-8-16(31)12-19(14)30-18-10-9-17(28-21(18)20(22(30)26)23(27)32)15-6-5-11-29(13-15)24(33)34-25(2,3)4/h6-10,12,31H,5,11,13,26H2,1-4H3,(H2,27,32). The second-order valence-electron chi connectivity index (χ2n) is 9.41. The quantitative estimate of drug-likeness (QED) is 0.541. The molecule has 4 rings (SSSR count). The number of carbonyl (C=O) groups excluding carboxylic acids is 2. The number of phenolic OH excluding ortho intramolecular Hbond substituents is 1. The van der Waals surface area contributed by atoms with Crippen molar-refractivity contribution in [3.8, 4) is 11.4 Å². The average molecular weight is 464 g/mol. The van der Waals surface area contributed by atoms with Crippen LogP contribution in [0.1, 0.15) is 48.8 Å². The highest BCUT2D eigenvalue weighted by Gasteiger charge is 2.27. The van der Waals surface area contributed by atoms with E-state index in [-0.39, 0.29) is 23.2 Å². The van der Waals surface area contributed by atoms with E-state index in [2.05, 4.69) is 0 Å². The Morgan fingerprint density at radius 1 is 1.18 bits per heavy atom. The number of aromatic hydroxyl groups is 1. The number of aromatic nitrogens is 2. The molecule has 1 aromatic carbocycles. The maximum atomic E-state index is 12.6. The van der Waals surface area contributed by atoms with Crippen molar-refractivity contribution in [3.63, 3.8) is 0 Å². The fourth-order valence-electron chi connectivity index (χ4n) is 4.11. The van der Waals surface area contributed by atoms with E-state index in [0.717, 1.165) is 11.1 Å². The second-order valence-corrected chi connectivity index (χ2v) is 9.41. The first kappa shape index (κ1) is 23.2. The Kier molecular flexibility index (Phi) is 5.72. The molecule has 3 aromatic rings. The Balaban J connectivity index is 1.78. The summed E-state index contributed by atoms with van der Waals surface area (Å²) in [6.45, 7) is 8.25. The molecule has 1 aliphatic rings. The number of hydrogen-bond donors (Lipinski definition) is 3. The monoisotopic (exact) mass is 463 g/mol. The van der Waals surface area contributed by atoms with Gasteiger partial charge < -0.3 is 26.2 Å². The number of hydrogen-bond acceptors (Lipinski definition) is 6. The van der Waals surface area contributed by atoms with Gasteiger partial charge in [-0.05, 0) is 63.5 Å². The van der Waals surface area contributed by atoms with Gasteiger partial charge >= 0.3 is 6.09 Å². The summed E-state index contributed by atoms with van der Waals surface area (Å²) in [5.41, 5.74) is 15.5. The van der Waals surface area contributed by atoms with Gasteiger partial charge in [0.15, 0.2) is 0 Å². The minimum absolute atomic E-state index is 0.0710. The van der Waals surface area contributed by atoms with Crippen LogP contribution in [-0.2, 0) is 4.74 Å². The molecule has 0 radical (unpaired) electrons. The highest BCUT2D eigenvalue weighted by Crippen LogP contribution is 2.34. The summed E-state index contributed by atoms with van der Waals surface area (Å²) in [6, 6.07) is 8.56. The Hall–Kier alpha value is -4.01. The number of aryl methyl sites for hydroxylation is 1. The van der Waals surface area contributed by atoms with E-state index in [4.69, 9.17) is 21.2 Å². The van der Waals surface area contributed by atoms with Gasteiger partial charge in [0.1, 0.15) is 28.2 Å². The number of pyridine rings is 1. The van der Waals surface area contributed by atoms with E-state index >= 15 is 0 Å². The minimum Gasteiger partial charge on any atom is -0.508 e. The first-order valence-electron chi connectivity index (χ1n) is 11.0. The summed E-state index contributed by atoms with van der Waals surface area (Å²) in [5.74, 6) is -0.479. The summed E-state index contributed by atoms with van der Waals surface area (Å²) < 4.78 is 7.18. The molecule has 0 spiro atoms. The zero-order valence-corrected chi connectivity index (χ0v) is 19.8. The molecule has 5 N–H and O–H groups in total. The second kappa shape index (κ2) is 8.40. The Morgan fingerprint density at radius 2 is 1.91 bits per heavy atom. The van der Waals surface area contributed by atoms with Crippen LogP contribution in [-0.4, -0.2) is 50.2 Å². The number of fused-ring (bicyclic) bond motifs is 1. The highest BCUT2D eigenvalue weighted by molar-refractivity contribution is 6.10. The van der Waals surface area contributed by atoms with Crippen molar-refractivity contribution in [3.05, 3.63) is 53.2 Å². The van der Waals surface area contributed by atoms with Crippen LogP contribution in [0.2, 0.25) is 0 Å². The number of benzene rings is 1. The molecule has 0 aliphatic carbocycles. The summed E-state index contributed by atoms with van der Waals surface area (Å²) in [6.07, 6.45) is 2.30. The summed E-state index contributed by atoms with van der Waals surface area (Å²) in [7, 11) is 0. The van der Waals surface area contributed by atoms with Crippen molar-refractivity contribution in [1.82, 2.24) is 14.5 Å². The Labute approximate surface area is 197 Å². The number of amides is 2. The molecule has 3 heterocycles. The maximum absolute atomic E-state index is 12.6. The molecule has 178 valence electrons. The normalized spacial score (nSPS) is 14.2. The average Bonchev–Trinajstić information content (AvgIpc) is 3.05. The summed E-state index contributed by atoms with van der Waals surface area (Å²) in [5, 5.41) is 10.0. The van der Waals surface area contributed by atoms with Crippen LogP contribution >= 0.6 is 0 Å². The molecular weight excluding hydrogens is 434 g/mol. The van der Waals surface area contributed by atoms with Crippen molar-refractivity contribution >= 4 is 34.4 Å². The van der Waals surface area contributed by atoms with Crippen LogP contribution in [0.4, 0.5) is 10.6 Å². The molecule has 1 aliphatic heterocycles. The molecule has 0 saturated heterocycles. The van der Waals surface area contributed by atoms with Gasteiger partial charge in [-0.15, -0.1) is 0 Å². The van der Waals surface area contributed by atoms with Gasteiger partial charge in [-0.25, -0.2) is 9.78 Å². The fourth-order valence-corrected chi connectivity index (χ4v) is 4.11. The van der Waals surface area contributed by atoms with E-state index in [0.29, 0.717) is 41.9 Å². The lowest BCUT2D eigenvalue weighted by atomic mass is 10.1. The van der Waals surface area contributed by atoms with Crippen molar-refractivity contribution < 1.29 is 19.4 Å². The van der Waals surface area contributed by atoms with Crippen LogP contribution in [0, 0.1) is 6.92 Å². The van der Waals surface area contributed by atoms with Gasteiger partial charge in [0.25, 0.3) is 5.91 Å². The van der Waals surface area contributed by atoms with Gasteiger partial charge in [0.2, 0.25) is 0 Å². The number of anilines is 1. The van der Waals surface area contributed by atoms with Gasteiger partial charge in [-0.3, -0.25) is 9.36 Å². The molecule has 0 saturated carbocycles. The molecule has 9 heteroatoms. The first-order valence-corrected chi connectivity index (χ1v) is 11.0. The van der Waals surface area contributed by atoms with Crippen LogP contribution in [0.3, 0.4) is 0 Å². The maximum Gasteiger partial charge on any atom is 0.410 e. The molecule has 0 fully saturated rings. The van der Waals surface area contributed by atoms with E-state index < -0.39 is 11.5 Å². The van der Waals surface area contributed by atoms with Crippen molar-refractivity contribution in [2.24, 2.45) is 5.73 Å². The molecule has 0 bridgehead atoms. The lowest BCUT2D eigenvalue weighted by Crippen LogP contribution is -2.39. The predicted octanol–water partition coefficient (Wildman–Crippen LogP) is 3.74. The zero-order chi connectivity index (χ0) is 24.8.